The largest absolute Gasteiger partial charge is 0.466 e. The van der Waals surface area contributed by atoms with Gasteiger partial charge in [0.05, 0.1) is 20.3 Å². The number of hydrogen-bond acceptors (Lipinski definition) is 8. The fourth-order valence-corrected chi connectivity index (χ4v) is 1.08. The molecular weight excluding hydrogens is 356 g/mol. The molecule has 0 bridgehead atoms. The monoisotopic (exact) mass is 386 g/mol. The molecule has 1 heterocycles. The van der Waals surface area contributed by atoms with Gasteiger partial charge in [0, 0.05) is 23.8 Å². The zero-order chi connectivity index (χ0) is 21.2. The number of ether oxygens (including phenoxy) is 4. The zero-order valence-electron chi connectivity index (χ0n) is 16.3. The molecule has 1 saturated heterocycles. The fraction of sp³-hybridized carbons (Fsp3) is 0.526. The minimum atomic E-state index is -0.405. The molecule has 0 aromatic carbocycles. The van der Waals surface area contributed by atoms with Gasteiger partial charge in [0.15, 0.2) is 0 Å². The summed E-state index contributed by atoms with van der Waals surface area (Å²) in [5.41, 5.74) is 0.864. The lowest BCUT2D eigenvalue weighted by Gasteiger charge is -1.99. The van der Waals surface area contributed by atoms with E-state index in [9.17, 15) is 14.4 Å². The van der Waals surface area contributed by atoms with Crippen molar-refractivity contribution in [3.63, 3.8) is 0 Å². The van der Waals surface area contributed by atoms with Crippen LogP contribution in [0.5, 0.6) is 0 Å². The number of epoxide rings is 1. The first-order chi connectivity index (χ1) is 12.7. The van der Waals surface area contributed by atoms with E-state index in [0.717, 1.165) is 6.08 Å². The lowest BCUT2D eigenvalue weighted by Crippen LogP contribution is -2.09. The van der Waals surface area contributed by atoms with E-state index in [1.165, 1.54) is 7.11 Å². The molecule has 8 heteroatoms. The van der Waals surface area contributed by atoms with Gasteiger partial charge in [-0.2, -0.15) is 0 Å². The van der Waals surface area contributed by atoms with Crippen molar-refractivity contribution in [2.24, 2.45) is 0 Å². The molecule has 154 valence electrons. The van der Waals surface area contributed by atoms with Gasteiger partial charge in [0.2, 0.25) is 0 Å². The average molecular weight is 386 g/mol. The number of aliphatic hydroxyl groups is 1. The molecular formula is C19H30O8. The third-order valence-corrected chi connectivity index (χ3v) is 2.65. The standard InChI is InChI=1S/C7H10O3.C7H12O3.C5H8O2/c1-5(2)7(8)10-4-6-3-9-6;1-2-7(9)10-6-4-3-5-8;1-4(2)5(6)7-3/h6H,1,3-4H2,2H3;2,8H,1,3-6H2;1H2,2-3H3. The van der Waals surface area contributed by atoms with Crippen LogP contribution in [0.2, 0.25) is 0 Å². The van der Waals surface area contributed by atoms with Gasteiger partial charge in [0.1, 0.15) is 12.7 Å². The Morgan fingerprint density at radius 2 is 1.67 bits per heavy atom. The Hall–Kier alpha value is -2.45. The highest BCUT2D eigenvalue weighted by molar-refractivity contribution is 5.87. The molecule has 0 aromatic rings. The van der Waals surface area contributed by atoms with Crippen LogP contribution in [0, 0.1) is 0 Å². The van der Waals surface area contributed by atoms with Crippen molar-refractivity contribution in [3.05, 3.63) is 37.0 Å². The molecule has 1 aliphatic rings. The summed E-state index contributed by atoms with van der Waals surface area (Å²) in [6.07, 6.45) is 2.64. The van der Waals surface area contributed by atoms with E-state index in [4.69, 9.17) is 14.6 Å². The van der Waals surface area contributed by atoms with Crippen LogP contribution in [0.1, 0.15) is 26.7 Å². The third-order valence-electron chi connectivity index (χ3n) is 2.65. The van der Waals surface area contributed by atoms with Gasteiger partial charge >= 0.3 is 17.9 Å². The molecule has 0 saturated carbocycles. The maximum Gasteiger partial charge on any atom is 0.333 e. The first-order valence-corrected chi connectivity index (χ1v) is 8.27. The van der Waals surface area contributed by atoms with E-state index in [2.05, 4.69) is 29.2 Å². The van der Waals surface area contributed by atoms with Gasteiger partial charge in [-0.3, -0.25) is 0 Å². The van der Waals surface area contributed by atoms with Gasteiger partial charge in [0.25, 0.3) is 0 Å². The van der Waals surface area contributed by atoms with Crippen molar-refractivity contribution in [2.75, 3.05) is 33.5 Å². The predicted molar refractivity (Wildman–Crippen MR) is 99.8 cm³/mol. The molecule has 1 aliphatic heterocycles. The molecule has 27 heavy (non-hydrogen) atoms. The first-order valence-electron chi connectivity index (χ1n) is 8.27. The Morgan fingerprint density at radius 1 is 1.11 bits per heavy atom. The van der Waals surface area contributed by atoms with E-state index in [1.54, 1.807) is 13.8 Å². The smallest absolute Gasteiger partial charge is 0.333 e. The summed E-state index contributed by atoms with van der Waals surface area (Å²) in [5.74, 6) is -1.09. The number of carbonyl (C=O) groups is 3. The van der Waals surface area contributed by atoms with Crippen LogP contribution >= 0.6 is 0 Å². The number of carbonyl (C=O) groups excluding carboxylic acids is 3. The summed E-state index contributed by atoms with van der Waals surface area (Å²) in [7, 11) is 1.33. The number of methoxy groups -OCH3 is 1. The maximum atomic E-state index is 10.7. The van der Waals surface area contributed by atoms with E-state index in [0.29, 0.717) is 43.8 Å². The van der Waals surface area contributed by atoms with Gasteiger partial charge in [-0.05, 0) is 26.7 Å². The highest BCUT2D eigenvalue weighted by Gasteiger charge is 2.24. The quantitative estimate of drug-likeness (QED) is 0.210. The summed E-state index contributed by atoms with van der Waals surface area (Å²) >= 11 is 0. The fourth-order valence-electron chi connectivity index (χ4n) is 1.08. The maximum absolute atomic E-state index is 10.7. The Bertz CT molecular complexity index is 506. The van der Waals surface area contributed by atoms with Crippen LogP contribution in [0.15, 0.2) is 37.0 Å². The normalized spacial score (nSPS) is 13.4. The summed E-state index contributed by atoms with van der Waals surface area (Å²) in [6, 6.07) is 0. The predicted octanol–water partition coefficient (Wildman–Crippen LogP) is 1.73. The second-order valence-corrected chi connectivity index (χ2v) is 5.41. The van der Waals surface area contributed by atoms with Crippen molar-refractivity contribution >= 4 is 17.9 Å². The molecule has 1 rings (SSSR count). The minimum absolute atomic E-state index is 0.142. The lowest BCUT2D eigenvalue weighted by molar-refractivity contribution is -0.139. The average Bonchev–Trinajstić information content (AvgIpc) is 3.47. The summed E-state index contributed by atoms with van der Waals surface area (Å²) in [6.45, 7) is 14.8. The van der Waals surface area contributed by atoms with Crippen molar-refractivity contribution in [1.82, 2.24) is 0 Å². The number of hydrogen-bond donors (Lipinski definition) is 1. The Kier molecular flexibility index (Phi) is 16.8. The topological polar surface area (TPSA) is 112 Å². The number of esters is 3. The van der Waals surface area contributed by atoms with Crippen LogP contribution in [0.3, 0.4) is 0 Å². The van der Waals surface area contributed by atoms with Crippen LogP contribution < -0.4 is 0 Å². The molecule has 1 atom stereocenters. The van der Waals surface area contributed by atoms with Crippen molar-refractivity contribution in [2.45, 2.75) is 32.8 Å². The Balaban J connectivity index is 0. The van der Waals surface area contributed by atoms with Crippen molar-refractivity contribution < 1.29 is 38.4 Å². The van der Waals surface area contributed by atoms with Crippen LogP contribution in [-0.2, 0) is 33.3 Å². The molecule has 0 aromatic heterocycles. The molecule has 1 fully saturated rings. The van der Waals surface area contributed by atoms with Gasteiger partial charge in [-0.1, -0.05) is 19.7 Å². The molecule has 1 N–H and O–H groups in total. The van der Waals surface area contributed by atoms with E-state index < -0.39 is 5.97 Å². The summed E-state index contributed by atoms with van der Waals surface area (Å²) in [4.78, 5) is 31.3. The van der Waals surface area contributed by atoms with Crippen molar-refractivity contribution in [3.8, 4) is 0 Å². The van der Waals surface area contributed by atoms with Crippen LogP contribution in [0.25, 0.3) is 0 Å². The molecule has 0 aliphatic carbocycles. The zero-order valence-corrected chi connectivity index (χ0v) is 16.3. The lowest BCUT2D eigenvalue weighted by atomic mass is 10.3. The highest BCUT2D eigenvalue weighted by Crippen LogP contribution is 2.09. The molecule has 0 spiro atoms. The minimum Gasteiger partial charge on any atom is -0.466 e. The SMILES string of the molecule is C=C(C)C(=O)OC.C=C(C)C(=O)OCC1CO1.C=CC(=O)OCCCCO. The summed E-state index contributed by atoms with van der Waals surface area (Å²) in [5, 5.41) is 8.33. The second kappa shape index (κ2) is 17.0. The number of rotatable bonds is 9. The molecule has 8 nitrogen and oxygen atoms in total. The third kappa shape index (κ3) is 19.7. The van der Waals surface area contributed by atoms with E-state index in [-0.39, 0.29) is 24.6 Å². The first kappa shape index (κ1) is 26.8. The molecule has 0 amide bonds. The van der Waals surface area contributed by atoms with Crippen LogP contribution in [0.4, 0.5) is 0 Å². The highest BCUT2D eigenvalue weighted by atomic mass is 16.6. The van der Waals surface area contributed by atoms with Crippen LogP contribution in [-0.4, -0.2) is 62.7 Å². The Morgan fingerprint density at radius 3 is 2.00 bits per heavy atom. The van der Waals surface area contributed by atoms with Gasteiger partial charge in [-0.25, -0.2) is 14.4 Å². The van der Waals surface area contributed by atoms with E-state index in [1.807, 2.05) is 0 Å². The Labute approximate surface area is 160 Å². The second-order valence-electron chi connectivity index (χ2n) is 5.41. The summed E-state index contributed by atoms with van der Waals surface area (Å²) < 4.78 is 18.5. The molecule has 1 unspecified atom stereocenters. The van der Waals surface area contributed by atoms with Gasteiger partial charge < -0.3 is 24.1 Å². The van der Waals surface area contributed by atoms with Gasteiger partial charge in [-0.15, -0.1) is 0 Å². The number of unbranched alkanes of at least 4 members (excludes halogenated alkanes) is 1. The van der Waals surface area contributed by atoms with E-state index >= 15 is 0 Å². The number of aliphatic hydroxyl groups excluding tert-OH is 1. The van der Waals surface area contributed by atoms with Crippen molar-refractivity contribution in [1.29, 1.82) is 0 Å². The molecule has 0 radical (unpaired) electrons.